The van der Waals surface area contributed by atoms with Crippen LogP contribution in [0.25, 0.3) is 0 Å². The zero-order valence-electron chi connectivity index (χ0n) is 5.33. The van der Waals surface area contributed by atoms with Gasteiger partial charge in [-0.2, -0.15) is 0 Å². The molecule has 0 amide bonds. The van der Waals surface area contributed by atoms with Crippen LogP contribution in [0.5, 0.6) is 0 Å². The van der Waals surface area contributed by atoms with E-state index in [4.69, 9.17) is 0 Å². The van der Waals surface area contributed by atoms with Crippen LogP contribution in [0.2, 0.25) is 0 Å². The summed E-state index contributed by atoms with van der Waals surface area (Å²) in [5.41, 5.74) is 0.833. The van der Waals surface area contributed by atoms with Gasteiger partial charge in [0, 0.05) is 18.9 Å². The molecular weight excluding hydrogens is 114 g/mol. The highest BCUT2D eigenvalue weighted by Gasteiger charge is 1.72. The smallest absolute Gasteiger partial charge is 0.143 e. The van der Waals surface area contributed by atoms with E-state index >= 15 is 0 Å². The number of aromatic nitrogens is 2. The number of nitrogens with zero attached hydrogens (tertiary/aromatic N) is 2. The molecule has 0 radical (unpaired) electrons. The number of hydrogen-bond acceptors (Lipinski definition) is 2. The molecule has 1 aromatic rings. The molecule has 0 saturated carbocycles. The second-order valence-electron chi connectivity index (χ2n) is 1.60. The van der Waals surface area contributed by atoms with Gasteiger partial charge in [0.1, 0.15) is 5.49 Å². The Balaban J connectivity index is 2.97. The van der Waals surface area contributed by atoms with Gasteiger partial charge in [0.05, 0.1) is 6.20 Å². The van der Waals surface area contributed by atoms with Crippen molar-refractivity contribution < 1.29 is 0 Å². The highest BCUT2D eigenvalue weighted by atomic mass is 14.9. The van der Waals surface area contributed by atoms with E-state index in [2.05, 4.69) is 15.0 Å². The van der Waals surface area contributed by atoms with Gasteiger partial charge in [-0.05, 0) is 6.92 Å². The van der Waals surface area contributed by atoms with Gasteiger partial charge >= 0.3 is 0 Å². The standard InChI is InChI=1S/C6H9N3/c1-2-8-6-5-7-3-4-9-6/h3-5H,2H2,1H3,(H,8,9). The number of H-pyrrole nitrogens is 1. The van der Waals surface area contributed by atoms with E-state index in [9.17, 15) is 0 Å². The molecule has 0 aliphatic carbocycles. The average molecular weight is 123 g/mol. The van der Waals surface area contributed by atoms with Crippen molar-refractivity contribution in [1.29, 1.82) is 0 Å². The summed E-state index contributed by atoms with van der Waals surface area (Å²) < 4.78 is 0. The lowest BCUT2D eigenvalue weighted by Gasteiger charge is -1.83. The number of aromatic amines is 1. The summed E-state index contributed by atoms with van der Waals surface area (Å²) in [6.07, 6.45) is 5.15. The Kier molecular flexibility index (Phi) is 2.01. The normalized spacial score (nSPS) is 11.9. The quantitative estimate of drug-likeness (QED) is 0.574. The summed E-state index contributed by atoms with van der Waals surface area (Å²) in [5, 5.41) is 0. The Morgan fingerprint density at radius 2 is 2.67 bits per heavy atom. The molecule has 0 saturated heterocycles. The number of rotatable bonds is 1. The largest absolute Gasteiger partial charge is 0.344 e. The van der Waals surface area contributed by atoms with Crippen molar-refractivity contribution in [2.45, 2.75) is 6.92 Å². The van der Waals surface area contributed by atoms with E-state index in [-0.39, 0.29) is 0 Å². The molecule has 1 rings (SSSR count). The third-order valence-corrected chi connectivity index (χ3v) is 0.917. The van der Waals surface area contributed by atoms with Crippen LogP contribution in [0, 0.1) is 0 Å². The zero-order valence-corrected chi connectivity index (χ0v) is 5.33. The molecule has 1 N–H and O–H groups in total. The van der Waals surface area contributed by atoms with Crippen molar-refractivity contribution >= 4 is 0 Å². The van der Waals surface area contributed by atoms with Gasteiger partial charge in [-0.15, -0.1) is 0 Å². The summed E-state index contributed by atoms with van der Waals surface area (Å²) in [6.45, 7) is 2.78. The lowest BCUT2D eigenvalue weighted by molar-refractivity contribution is 0.980. The van der Waals surface area contributed by atoms with Crippen molar-refractivity contribution in [2.75, 3.05) is 6.54 Å². The van der Waals surface area contributed by atoms with Crippen LogP contribution in [0.1, 0.15) is 6.92 Å². The average Bonchev–Trinajstić information content (AvgIpc) is 1.91. The van der Waals surface area contributed by atoms with Gasteiger partial charge in [0.2, 0.25) is 0 Å². The molecule has 3 heteroatoms. The van der Waals surface area contributed by atoms with E-state index in [1.807, 2.05) is 6.92 Å². The lowest BCUT2D eigenvalue weighted by Crippen LogP contribution is -2.06. The SMILES string of the molecule is CC/N=c1/cncc[nH]1. The molecule has 0 spiro atoms. The summed E-state index contributed by atoms with van der Waals surface area (Å²) in [7, 11) is 0. The van der Waals surface area contributed by atoms with E-state index in [1.165, 1.54) is 0 Å². The fraction of sp³-hybridized carbons (Fsp3) is 0.333. The van der Waals surface area contributed by atoms with Gasteiger partial charge in [-0.3, -0.25) is 9.98 Å². The predicted molar refractivity (Wildman–Crippen MR) is 34.7 cm³/mol. The van der Waals surface area contributed by atoms with Crippen LogP contribution in [0.3, 0.4) is 0 Å². The molecule has 0 atom stereocenters. The molecule has 1 heterocycles. The van der Waals surface area contributed by atoms with Gasteiger partial charge in [-0.25, -0.2) is 0 Å². The number of nitrogens with one attached hydrogen (secondary N) is 1. The van der Waals surface area contributed by atoms with Crippen LogP contribution < -0.4 is 5.49 Å². The van der Waals surface area contributed by atoms with Crippen molar-refractivity contribution in [3.05, 3.63) is 24.1 Å². The van der Waals surface area contributed by atoms with Crippen molar-refractivity contribution in [3.8, 4) is 0 Å². The predicted octanol–water partition coefficient (Wildman–Crippen LogP) is 0.330. The topological polar surface area (TPSA) is 41.0 Å². The van der Waals surface area contributed by atoms with E-state index in [0.717, 1.165) is 12.0 Å². The van der Waals surface area contributed by atoms with Crippen molar-refractivity contribution in [1.82, 2.24) is 9.97 Å². The Bertz CT molecular complexity index is 208. The van der Waals surface area contributed by atoms with Crippen molar-refractivity contribution in [2.24, 2.45) is 4.99 Å². The maximum absolute atomic E-state index is 4.09. The minimum Gasteiger partial charge on any atom is -0.344 e. The van der Waals surface area contributed by atoms with Crippen LogP contribution >= 0.6 is 0 Å². The second-order valence-corrected chi connectivity index (χ2v) is 1.60. The van der Waals surface area contributed by atoms with Gasteiger partial charge < -0.3 is 4.98 Å². The van der Waals surface area contributed by atoms with Gasteiger partial charge in [0.25, 0.3) is 0 Å². The van der Waals surface area contributed by atoms with Gasteiger partial charge in [0.15, 0.2) is 0 Å². The molecule has 3 nitrogen and oxygen atoms in total. The highest BCUT2D eigenvalue weighted by Crippen LogP contribution is 1.64. The Labute approximate surface area is 53.5 Å². The van der Waals surface area contributed by atoms with E-state index in [1.54, 1.807) is 18.6 Å². The minimum absolute atomic E-state index is 0.794. The molecule has 9 heavy (non-hydrogen) atoms. The molecule has 0 unspecified atom stereocenters. The fourth-order valence-electron chi connectivity index (χ4n) is 0.573. The molecular formula is C6H9N3. The first-order valence-electron chi connectivity index (χ1n) is 2.92. The number of hydrogen-bond donors (Lipinski definition) is 1. The molecule has 0 aliphatic rings. The maximum Gasteiger partial charge on any atom is 0.143 e. The fourth-order valence-corrected chi connectivity index (χ4v) is 0.573. The molecule has 48 valence electrons. The maximum atomic E-state index is 4.09. The first kappa shape index (κ1) is 6.01. The molecule has 0 aliphatic heterocycles. The highest BCUT2D eigenvalue weighted by molar-refractivity contribution is 4.72. The van der Waals surface area contributed by atoms with Crippen LogP contribution in [0.15, 0.2) is 23.6 Å². The minimum atomic E-state index is 0.794. The van der Waals surface area contributed by atoms with Crippen molar-refractivity contribution in [3.63, 3.8) is 0 Å². The third kappa shape index (κ3) is 1.68. The van der Waals surface area contributed by atoms with Crippen LogP contribution in [-0.2, 0) is 0 Å². The summed E-state index contributed by atoms with van der Waals surface area (Å²) in [6, 6.07) is 0. The Hall–Kier alpha value is -1.12. The summed E-state index contributed by atoms with van der Waals surface area (Å²) in [4.78, 5) is 10.9. The lowest BCUT2D eigenvalue weighted by atomic mass is 10.7. The molecule has 1 aromatic heterocycles. The summed E-state index contributed by atoms with van der Waals surface area (Å²) in [5.74, 6) is 0. The van der Waals surface area contributed by atoms with Crippen LogP contribution in [-0.4, -0.2) is 16.5 Å². The van der Waals surface area contributed by atoms with E-state index < -0.39 is 0 Å². The summed E-state index contributed by atoms with van der Waals surface area (Å²) >= 11 is 0. The van der Waals surface area contributed by atoms with Gasteiger partial charge in [-0.1, -0.05) is 0 Å². The monoisotopic (exact) mass is 123 g/mol. The van der Waals surface area contributed by atoms with E-state index in [0.29, 0.717) is 0 Å². The molecule has 0 fully saturated rings. The first-order chi connectivity index (χ1) is 4.43. The Morgan fingerprint density at radius 3 is 3.22 bits per heavy atom. The molecule has 0 bridgehead atoms. The second kappa shape index (κ2) is 3.02. The van der Waals surface area contributed by atoms with Crippen LogP contribution in [0.4, 0.5) is 0 Å². The Morgan fingerprint density at radius 1 is 1.78 bits per heavy atom. The zero-order chi connectivity index (χ0) is 6.53. The third-order valence-electron chi connectivity index (χ3n) is 0.917. The molecule has 0 aromatic carbocycles. The first-order valence-corrected chi connectivity index (χ1v) is 2.92.